The summed E-state index contributed by atoms with van der Waals surface area (Å²) in [5, 5.41) is 13.8. The topological polar surface area (TPSA) is 60.0 Å². The van der Waals surface area contributed by atoms with Crippen LogP contribution < -0.4 is 19.5 Å². The Bertz CT molecular complexity index is 865. The third-order valence-electron chi connectivity index (χ3n) is 5.51. The van der Waals surface area contributed by atoms with Gasteiger partial charge in [0.25, 0.3) is 0 Å². The smallest absolute Gasteiger partial charge is 0.119 e. The zero-order valence-electron chi connectivity index (χ0n) is 19.0. The first-order valence-corrected chi connectivity index (χ1v) is 11.0. The van der Waals surface area contributed by atoms with Gasteiger partial charge in [-0.05, 0) is 60.9 Å². The summed E-state index contributed by atoms with van der Waals surface area (Å²) in [6.07, 6.45) is 0.295. The van der Waals surface area contributed by atoms with Gasteiger partial charge in [0.1, 0.15) is 30.0 Å². The highest BCUT2D eigenvalue weighted by Crippen LogP contribution is 2.31. The molecule has 0 aromatic heterocycles. The van der Waals surface area contributed by atoms with Gasteiger partial charge in [-0.1, -0.05) is 42.5 Å². The molecule has 3 aromatic rings. The minimum absolute atomic E-state index is 0.190. The number of ether oxygens (including phenoxy) is 3. The van der Waals surface area contributed by atoms with Crippen LogP contribution in [0.5, 0.6) is 17.2 Å². The van der Waals surface area contributed by atoms with Crippen LogP contribution in [-0.4, -0.2) is 44.6 Å². The fourth-order valence-electron chi connectivity index (χ4n) is 3.68. The largest absolute Gasteiger partial charge is 0.497 e. The maximum atomic E-state index is 10.3. The molecule has 0 bridgehead atoms. The lowest BCUT2D eigenvalue weighted by atomic mass is 9.86. The van der Waals surface area contributed by atoms with Crippen molar-refractivity contribution in [2.24, 2.45) is 0 Å². The van der Waals surface area contributed by atoms with Crippen LogP contribution >= 0.6 is 0 Å². The Morgan fingerprint density at radius 1 is 0.750 bits per heavy atom. The van der Waals surface area contributed by atoms with Crippen LogP contribution in [-0.2, 0) is 0 Å². The number of rotatable bonds is 12. The highest BCUT2D eigenvalue weighted by atomic mass is 16.5. The standard InChI is InChI=1S/C27H33NO4/c1-20(28-18-23(29)19-32-26-7-5-4-6-8-26)17-27(21-9-13-24(30-2)14-10-21)22-11-15-25(31-3)16-12-22/h4-16,20,23,27-29H,17-19H2,1-3H3/t20-,23-/m0/s1. The number of methoxy groups -OCH3 is 2. The second kappa shape index (κ2) is 12.1. The van der Waals surface area contributed by atoms with Crippen molar-refractivity contribution in [1.29, 1.82) is 0 Å². The average Bonchev–Trinajstić information content (AvgIpc) is 2.85. The van der Waals surface area contributed by atoms with E-state index >= 15 is 0 Å². The molecule has 0 fully saturated rings. The van der Waals surface area contributed by atoms with E-state index in [1.807, 2.05) is 54.6 Å². The molecule has 0 spiro atoms. The molecule has 2 atom stereocenters. The molecule has 2 N–H and O–H groups in total. The molecular weight excluding hydrogens is 402 g/mol. The van der Waals surface area contributed by atoms with Gasteiger partial charge in [-0.15, -0.1) is 0 Å². The van der Waals surface area contributed by atoms with E-state index in [9.17, 15) is 5.11 Å². The van der Waals surface area contributed by atoms with Gasteiger partial charge in [0, 0.05) is 18.5 Å². The van der Waals surface area contributed by atoms with Crippen LogP contribution in [0.15, 0.2) is 78.9 Å². The van der Waals surface area contributed by atoms with Gasteiger partial charge >= 0.3 is 0 Å². The van der Waals surface area contributed by atoms with E-state index in [4.69, 9.17) is 14.2 Å². The minimum atomic E-state index is -0.585. The summed E-state index contributed by atoms with van der Waals surface area (Å²) in [6, 6.07) is 26.2. The summed E-state index contributed by atoms with van der Waals surface area (Å²) >= 11 is 0. The number of aliphatic hydroxyl groups is 1. The fourth-order valence-corrected chi connectivity index (χ4v) is 3.68. The molecule has 5 heteroatoms. The molecule has 0 aliphatic carbocycles. The van der Waals surface area contributed by atoms with Crippen LogP contribution in [0.2, 0.25) is 0 Å². The predicted octanol–water partition coefficient (Wildman–Crippen LogP) is 4.64. The average molecular weight is 436 g/mol. The lowest BCUT2D eigenvalue weighted by Crippen LogP contribution is -2.37. The Hall–Kier alpha value is -3.02. The lowest BCUT2D eigenvalue weighted by molar-refractivity contribution is 0.103. The van der Waals surface area contributed by atoms with E-state index in [0.29, 0.717) is 6.54 Å². The van der Waals surface area contributed by atoms with Gasteiger partial charge in [0.05, 0.1) is 14.2 Å². The van der Waals surface area contributed by atoms with Crippen molar-refractivity contribution < 1.29 is 19.3 Å². The quantitative estimate of drug-likeness (QED) is 0.434. The molecule has 3 rings (SSSR count). The molecule has 0 radical (unpaired) electrons. The highest BCUT2D eigenvalue weighted by Gasteiger charge is 2.19. The molecule has 0 unspecified atom stereocenters. The molecule has 3 aromatic carbocycles. The summed E-state index contributed by atoms with van der Waals surface area (Å²) in [6.45, 7) is 2.86. The van der Waals surface area contributed by atoms with Crippen molar-refractivity contribution >= 4 is 0 Å². The Morgan fingerprint density at radius 3 is 1.78 bits per heavy atom. The Morgan fingerprint density at radius 2 is 1.28 bits per heavy atom. The second-order valence-electron chi connectivity index (χ2n) is 7.92. The van der Waals surface area contributed by atoms with Crippen LogP contribution in [0.25, 0.3) is 0 Å². The van der Waals surface area contributed by atoms with Crippen molar-refractivity contribution in [1.82, 2.24) is 5.32 Å². The number of benzene rings is 3. The molecule has 0 saturated heterocycles. The minimum Gasteiger partial charge on any atom is -0.497 e. The van der Waals surface area contributed by atoms with Gasteiger partial charge in [-0.2, -0.15) is 0 Å². The van der Waals surface area contributed by atoms with Gasteiger partial charge < -0.3 is 24.6 Å². The van der Waals surface area contributed by atoms with Crippen molar-refractivity contribution in [2.45, 2.75) is 31.4 Å². The molecule has 0 aliphatic rings. The van der Waals surface area contributed by atoms with E-state index < -0.39 is 6.10 Å². The van der Waals surface area contributed by atoms with Crippen molar-refractivity contribution in [3.8, 4) is 17.2 Å². The van der Waals surface area contributed by atoms with Gasteiger partial charge in [-0.3, -0.25) is 0 Å². The maximum Gasteiger partial charge on any atom is 0.119 e. The number of hydrogen-bond acceptors (Lipinski definition) is 5. The van der Waals surface area contributed by atoms with Crippen LogP contribution in [0, 0.1) is 0 Å². The van der Waals surface area contributed by atoms with E-state index in [2.05, 4.69) is 36.5 Å². The zero-order valence-corrected chi connectivity index (χ0v) is 19.0. The van der Waals surface area contributed by atoms with Crippen molar-refractivity contribution in [3.05, 3.63) is 90.0 Å². The van der Waals surface area contributed by atoms with Crippen LogP contribution in [0.3, 0.4) is 0 Å². The monoisotopic (exact) mass is 435 g/mol. The normalized spacial score (nSPS) is 12.9. The molecule has 0 saturated carbocycles. The highest BCUT2D eigenvalue weighted by molar-refractivity contribution is 5.38. The first-order chi connectivity index (χ1) is 15.6. The number of para-hydroxylation sites is 1. The van der Waals surface area contributed by atoms with Crippen LogP contribution in [0.4, 0.5) is 0 Å². The number of hydrogen-bond donors (Lipinski definition) is 2. The molecular formula is C27H33NO4. The van der Waals surface area contributed by atoms with Crippen molar-refractivity contribution in [2.75, 3.05) is 27.4 Å². The number of aliphatic hydroxyl groups excluding tert-OH is 1. The third-order valence-corrected chi connectivity index (χ3v) is 5.51. The molecule has 32 heavy (non-hydrogen) atoms. The first-order valence-electron chi connectivity index (χ1n) is 11.0. The third kappa shape index (κ3) is 7.01. The van der Waals surface area contributed by atoms with Crippen molar-refractivity contribution in [3.63, 3.8) is 0 Å². The summed E-state index contributed by atoms with van der Waals surface area (Å²) < 4.78 is 16.3. The van der Waals surface area contributed by atoms with Crippen LogP contribution in [0.1, 0.15) is 30.4 Å². The Balaban J connectivity index is 1.61. The predicted molar refractivity (Wildman–Crippen MR) is 128 cm³/mol. The summed E-state index contributed by atoms with van der Waals surface area (Å²) in [5.74, 6) is 2.65. The lowest BCUT2D eigenvalue weighted by Gasteiger charge is -2.24. The molecule has 0 heterocycles. The van der Waals surface area contributed by atoms with Gasteiger partial charge in [0.15, 0.2) is 0 Å². The summed E-state index contributed by atoms with van der Waals surface area (Å²) in [5.41, 5.74) is 2.44. The van der Waals surface area contributed by atoms with E-state index in [1.54, 1.807) is 14.2 Å². The molecule has 5 nitrogen and oxygen atoms in total. The van der Waals surface area contributed by atoms with E-state index in [-0.39, 0.29) is 18.6 Å². The molecule has 0 amide bonds. The fraction of sp³-hybridized carbons (Fsp3) is 0.333. The van der Waals surface area contributed by atoms with E-state index in [0.717, 1.165) is 23.7 Å². The van der Waals surface area contributed by atoms with Gasteiger partial charge in [-0.25, -0.2) is 0 Å². The van der Waals surface area contributed by atoms with E-state index in [1.165, 1.54) is 11.1 Å². The SMILES string of the molecule is COc1ccc(C(C[C@H](C)NC[C@H](O)COc2ccccc2)c2ccc(OC)cc2)cc1. The Labute approximate surface area is 191 Å². The summed E-state index contributed by atoms with van der Waals surface area (Å²) in [4.78, 5) is 0. The second-order valence-corrected chi connectivity index (χ2v) is 7.92. The maximum absolute atomic E-state index is 10.3. The zero-order chi connectivity index (χ0) is 22.8. The number of nitrogens with one attached hydrogen (secondary N) is 1. The molecule has 0 aliphatic heterocycles. The summed E-state index contributed by atoms with van der Waals surface area (Å²) in [7, 11) is 3.35. The molecule has 170 valence electrons. The Kier molecular flexibility index (Phi) is 8.96. The first kappa shape index (κ1) is 23.6. The van der Waals surface area contributed by atoms with Gasteiger partial charge in [0.2, 0.25) is 0 Å².